The Labute approximate surface area is 254 Å². The molecule has 12 heteroatoms. The van der Waals surface area contributed by atoms with Gasteiger partial charge in [-0.05, 0) is 59.9 Å². The second-order valence-corrected chi connectivity index (χ2v) is 12.5. The Balaban J connectivity index is 1.45. The predicted molar refractivity (Wildman–Crippen MR) is 172 cm³/mol. The van der Waals surface area contributed by atoms with E-state index in [0.29, 0.717) is 58.4 Å². The molecule has 0 spiro atoms. The number of nitrogens with zero attached hydrogens (tertiary/aromatic N) is 4. The van der Waals surface area contributed by atoms with Gasteiger partial charge in [-0.2, -0.15) is 0 Å². The van der Waals surface area contributed by atoms with Crippen LogP contribution in [0.1, 0.15) is 42.3 Å². The van der Waals surface area contributed by atoms with Crippen LogP contribution in [0.2, 0.25) is 0 Å². The lowest BCUT2D eigenvalue weighted by molar-refractivity contribution is 0.102. The Kier molecular flexibility index (Phi) is 8.90. The number of ether oxygens (including phenoxy) is 2. The van der Waals surface area contributed by atoms with Gasteiger partial charge in [-0.15, -0.1) is 0 Å². The average Bonchev–Trinajstić information content (AvgIpc) is 2.97. The number of fused-ring (bicyclic) bond motifs is 1. The molecule has 0 aliphatic carbocycles. The molecule has 1 amide bonds. The molecule has 2 aromatic heterocycles. The van der Waals surface area contributed by atoms with E-state index >= 15 is 0 Å². The van der Waals surface area contributed by atoms with Crippen molar-refractivity contribution in [2.24, 2.45) is 0 Å². The number of carbonyl (C=O) groups excluding carboxylic acids is 1. The number of rotatable bonds is 8. The van der Waals surface area contributed by atoms with Crippen LogP contribution in [0.5, 0.6) is 5.75 Å². The van der Waals surface area contributed by atoms with E-state index in [4.69, 9.17) is 14.5 Å². The number of aryl methyl sites for hydroxylation is 1. The van der Waals surface area contributed by atoms with Gasteiger partial charge in [0.1, 0.15) is 29.6 Å². The average molecular weight is 604 g/mol. The van der Waals surface area contributed by atoms with Gasteiger partial charge in [-0.25, -0.2) is 19.7 Å². The standard InChI is InChI=1S/C31H37N7O4S/c1-19-7-8-20(30(39)35-24-16-21(31(2,3)4)17-25(28(24)41-5)37-43(6)40)15-23(19)34-29-27-22(32-18-33-29)9-10-26(36-27)38-11-13-42-14-12-38/h7-10,15-18,37H,11-14H2,1-6H3,(H,35,39)(H,32,33,34). The van der Waals surface area contributed by atoms with Gasteiger partial charge in [-0.1, -0.05) is 26.8 Å². The molecule has 1 aliphatic heterocycles. The minimum absolute atomic E-state index is 0.228. The third kappa shape index (κ3) is 6.93. The van der Waals surface area contributed by atoms with Crippen molar-refractivity contribution in [3.8, 4) is 5.75 Å². The molecule has 43 heavy (non-hydrogen) atoms. The number of anilines is 5. The van der Waals surface area contributed by atoms with E-state index in [1.165, 1.54) is 13.4 Å². The predicted octanol–water partition coefficient (Wildman–Crippen LogP) is 5.18. The molecule has 1 unspecified atom stereocenters. The van der Waals surface area contributed by atoms with Crippen molar-refractivity contribution < 1.29 is 18.8 Å². The Morgan fingerprint density at radius 3 is 2.49 bits per heavy atom. The Hall–Kier alpha value is -4.13. The molecule has 0 saturated carbocycles. The summed E-state index contributed by atoms with van der Waals surface area (Å²) >= 11 is -1.33. The van der Waals surface area contributed by atoms with Crippen molar-refractivity contribution >= 4 is 57.0 Å². The van der Waals surface area contributed by atoms with Gasteiger partial charge in [0, 0.05) is 24.3 Å². The molecular weight excluding hydrogens is 566 g/mol. The molecule has 2 aromatic carbocycles. The molecule has 3 heterocycles. The molecular formula is C31H37N7O4S. The second-order valence-electron chi connectivity index (χ2n) is 11.4. The van der Waals surface area contributed by atoms with E-state index in [1.54, 1.807) is 18.4 Å². The minimum atomic E-state index is -1.33. The molecule has 1 saturated heterocycles. The summed E-state index contributed by atoms with van der Waals surface area (Å²) < 4.78 is 26.1. The number of benzene rings is 2. The summed E-state index contributed by atoms with van der Waals surface area (Å²) in [6.45, 7) is 11.0. The summed E-state index contributed by atoms with van der Waals surface area (Å²) in [7, 11) is 1.52. The zero-order valence-corrected chi connectivity index (χ0v) is 26.1. The van der Waals surface area contributed by atoms with Gasteiger partial charge < -0.3 is 29.6 Å². The maximum atomic E-state index is 13.6. The molecule has 5 rings (SSSR count). The van der Waals surface area contributed by atoms with Crippen molar-refractivity contribution in [2.75, 3.05) is 59.9 Å². The van der Waals surface area contributed by atoms with E-state index in [-0.39, 0.29) is 11.3 Å². The van der Waals surface area contributed by atoms with Crippen LogP contribution in [0.15, 0.2) is 48.8 Å². The van der Waals surface area contributed by atoms with E-state index < -0.39 is 11.4 Å². The molecule has 1 atom stereocenters. The first-order valence-electron chi connectivity index (χ1n) is 14.0. The van der Waals surface area contributed by atoms with Gasteiger partial charge >= 0.3 is 0 Å². The summed E-state index contributed by atoms with van der Waals surface area (Å²) in [6, 6.07) is 13.1. The summed E-state index contributed by atoms with van der Waals surface area (Å²) in [5, 5.41) is 6.38. The fourth-order valence-corrected chi connectivity index (χ4v) is 5.28. The quantitative estimate of drug-likeness (QED) is 0.231. The third-order valence-corrected chi connectivity index (χ3v) is 7.72. The highest BCUT2D eigenvalue weighted by Gasteiger charge is 2.23. The van der Waals surface area contributed by atoms with Crippen LogP contribution in [0.3, 0.4) is 0 Å². The summed E-state index contributed by atoms with van der Waals surface area (Å²) in [5.41, 5.74) is 5.16. The summed E-state index contributed by atoms with van der Waals surface area (Å²) in [6.07, 6.45) is 3.04. The number of nitrogens with one attached hydrogen (secondary N) is 3. The van der Waals surface area contributed by atoms with Crippen LogP contribution in [0, 0.1) is 6.92 Å². The number of hydrogen-bond acceptors (Lipinski definition) is 10. The number of aromatic nitrogens is 3. The maximum Gasteiger partial charge on any atom is 0.255 e. The van der Waals surface area contributed by atoms with Crippen LogP contribution in [-0.4, -0.2) is 65.1 Å². The monoisotopic (exact) mass is 603 g/mol. The van der Waals surface area contributed by atoms with Crippen molar-refractivity contribution in [2.45, 2.75) is 33.1 Å². The lowest BCUT2D eigenvalue weighted by atomic mass is 9.86. The molecule has 11 nitrogen and oxygen atoms in total. The van der Waals surface area contributed by atoms with E-state index in [2.05, 4.69) is 51.0 Å². The fourth-order valence-electron chi connectivity index (χ4n) is 4.82. The number of amides is 1. The largest absolute Gasteiger partial charge is 0.593 e. The molecule has 1 fully saturated rings. The Morgan fingerprint density at radius 1 is 1.05 bits per heavy atom. The van der Waals surface area contributed by atoms with Crippen molar-refractivity contribution in [1.29, 1.82) is 0 Å². The van der Waals surface area contributed by atoms with E-state index in [9.17, 15) is 9.35 Å². The highest BCUT2D eigenvalue weighted by Crippen LogP contribution is 2.39. The van der Waals surface area contributed by atoms with Gasteiger partial charge in [0.25, 0.3) is 5.91 Å². The molecule has 0 radical (unpaired) electrons. The molecule has 3 N–H and O–H groups in total. The van der Waals surface area contributed by atoms with Crippen molar-refractivity contribution in [1.82, 2.24) is 15.0 Å². The first-order valence-corrected chi connectivity index (χ1v) is 15.6. The number of methoxy groups -OCH3 is 1. The highest BCUT2D eigenvalue weighted by atomic mass is 32.2. The van der Waals surface area contributed by atoms with E-state index in [1.807, 2.05) is 37.3 Å². The number of morpholine rings is 1. The van der Waals surface area contributed by atoms with Crippen LogP contribution in [0.4, 0.5) is 28.7 Å². The molecule has 4 aromatic rings. The lowest BCUT2D eigenvalue weighted by Crippen LogP contribution is -2.36. The normalized spacial score (nSPS) is 14.3. The zero-order chi connectivity index (χ0) is 30.7. The SMILES string of the molecule is COc1c(NC(=O)c2ccc(C)c(Nc3ncnc4ccc(N5CCOCC5)nc34)c2)cc(C(C)(C)C)cc1N[S+](C)[O-]. The van der Waals surface area contributed by atoms with Gasteiger partial charge in [0.05, 0.1) is 42.9 Å². The lowest BCUT2D eigenvalue weighted by Gasteiger charge is -2.28. The van der Waals surface area contributed by atoms with Crippen LogP contribution < -0.4 is 25.0 Å². The Bertz CT molecular complexity index is 1640. The first kappa shape index (κ1) is 30.3. The van der Waals surface area contributed by atoms with Crippen LogP contribution in [-0.2, 0) is 21.5 Å². The topological polar surface area (TPSA) is 137 Å². The minimum Gasteiger partial charge on any atom is -0.593 e. The fraction of sp³-hybridized carbons (Fsp3) is 0.355. The van der Waals surface area contributed by atoms with Gasteiger partial charge in [0.2, 0.25) is 0 Å². The smallest absolute Gasteiger partial charge is 0.255 e. The number of pyridine rings is 1. The number of hydrogen-bond donors (Lipinski definition) is 3. The van der Waals surface area contributed by atoms with E-state index in [0.717, 1.165) is 30.0 Å². The van der Waals surface area contributed by atoms with Crippen LogP contribution in [0.25, 0.3) is 11.0 Å². The Morgan fingerprint density at radius 2 is 1.79 bits per heavy atom. The number of carbonyl (C=O) groups is 1. The first-order chi connectivity index (χ1) is 20.5. The highest BCUT2D eigenvalue weighted by molar-refractivity contribution is 7.92. The summed E-state index contributed by atoms with van der Waals surface area (Å²) in [4.78, 5) is 29.5. The van der Waals surface area contributed by atoms with Crippen molar-refractivity contribution in [3.63, 3.8) is 0 Å². The second kappa shape index (κ2) is 12.6. The zero-order valence-electron chi connectivity index (χ0n) is 25.3. The van der Waals surface area contributed by atoms with Crippen molar-refractivity contribution in [3.05, 3.63) is 65.5 Å². The molecule has 226 valence electrons. The third-order valence-electron chi connectivity index (χ3n) is 7.22. The van der Waals surface area contributed by atoms with Gasteiger partial charge in [0.15, 0.2) is 11.6 Å². The van der Waals surface area contributed by atoms with Gasteiger partial charge in [-0.3, -0.25) is 4.79 Å². The maximum absolute atomic E-state index is 13.6. The molecule has 1 aliphatic rings. The van der Waals surface area contributed by atoms with Crippen LogP contribution >= 0.6 is 0 Å². The summed E-state index contributed by atoms with van der Waals surface area (Å²) in [5.74, 6) is 1.46. The molecule has 0 bridgehead atoms.